The number of rotatable bonds is 8. The van der Waals surface area contributed by atoms with Crippen LogP contribution in [0, 0.1) is 0 Å². The summed E-state index contributed by atoms with van der Waals surface area (Å²) in [5, 5.41) is 12.0. The summed E-state index contributed by atoms with van der Waals surface area (Å²) >= 11 is 0. The van der Waals surface area contributed by atoms with Gasteiger partial charge in [0.2, 0.25) is 5.89 Å². The van der Waals surface area contributed by atoms with E-state index in [0.717, 1.165) is 23.4 Å². The van der Waals surface area contributed by atoms with Crippen molar-refractivity contribution in [3.63, 3.8) is 0 Å². The number of hydrogen-bond donors (Lipinski definition) is 3. The molecule has 0 unspecified atom stereocenters. The molecule has 0 fully saturated rings. The van der Waals surface area contributed by atoms with Crippen molar-refractivity contribution >= 4 is 6.08 Å². The molecule has 1 aromatic heterocycles. The van der Waals surface area contributed by atoms with Crippen LogP contribution >= 0.6 is 0 Å². The standard InChI is InChI=1S/C21H21N3O2/c1-16(24-25)7-8-17-9-11-19(12-10-17)20-14-23-21(26-20)15-22-13-18-5-3-2-4-6-18/h2-12,14,22,24-25H,1,13,15H2/b8-7+. The van der Waals surface area contributed by atoms with Gasteiger partial charge in [0.15, 0.2) is 5.76 Å². The summed E-state index contributed by atoms with van der Waals surface area (Å²) in [6.07, 6.45) is 5.29. The van der Waals surface area contributed by atoms with Gasteiger partial charge in [0, 0.05) is 12.1 Å². The first kappa shape index (κ1) is 17.7. The summed E-state index contributed by atoms with van der Waals surface area (Å²) in [7, 11) is 0. The summed E-state index contributed by atoms with van der Waals surface area (Å²) in [6.45, 7) is 4.97. The Kier molecular flexibility index (Phi) is 5.98. The molecule has 0 radical (unpaired) electrons. The molecule has 3 N–H and O–H groups in total. The van der Waals surface area contributed by atoms with Crippen LogP contribution in [0.1, 0.15) is 17.0 Å². The van der Waals surface area contributed by atoms with E-state index in [1.807, 2.05) is 54.0 Å². The van der Waals surface area contributed by atoms with E-state index in [9.17, 15) is 0 Å². The lowest BCUT2D eigenvalue weighted by molar-refractivity contribution is 0.205. The summed E-state index contributed by atoms with van der Waals surface area (Å²) < 4.78 is 5.81. The molecule has 3 rings (SSSR count). The minimum Gasteiger partial charge on any atom is -0.439 e. The molecule has 0 aliphatic heterocycles. The Morgan fingerprint density at radius 2 is 1.85 bits per heavy atom. The zero-order valence-corrected chi connectivity index (χ0v) is 14.4. The van der Waals surface area contributed by atoms with Crippen molar-refractivity contribution in [1.29, 1.82) is 0 Å². The van der Waals surface area contributed by atoms with Gasteiger partial charge in [-0.05, 0) is 17.2 Å². The van der Waals surface area contributed by atoms with Gasteiger partial charge in [0.25, 0.3) is 0 Å². The van der Waals surface area contributed by atoms with Gasteiger partial charge < -0.3 is 9.73 Å². The Balaban J connectivity index is 1.57. The molecular formula is C21H21N3O2. The summed E-state index contributed by atoms with van der Waals surface area (Å²) in [6, 6.07) is 18.1. The van der Waals surface area contributed by atoms with E-state index >= 15 is 0 Å². The molecule has 5 heteroatoms. The lowest BCUT2D eigenvalue weighted by Crippen LogP contribution is -2.12. The number of nitrogens with zero attached hydrogens (tertiary/aromatic N) is 1. The Bertz CT molecular complexity index is 868. The molecule has 0 spiro atoms. The molecule has 0 atom stereocenters. The molecule has 0 bridgehead atoms. The van der Waals surface area contributed by atoms with Crippen LogP contribution in [-0.2, 0) is 13.1 Å². The number of hydroxylamine groups is 1. The molecule has 0 amide bonds. The average Bonchev–Trinajstić information content (AvgIpc) is 3.16. The average molecular weight is 347 g/mol. The smallest absolute Gasteiger partial charge is 0.208 e. The topological polar surface area (TPSA) is 70.3 Å². The lowest BCUT2D eigenvalue weighted by Gasteiger charge is -2.02. The fourth-order valence-electron chi connectivity index (χ4n) is 2.43. The van der Waals surface area contributed by atoms with Crippen LogP contribution in [0.15, 0.2) is 83.6 Å². The van der Waals surface area contributed by atoms with Crippen LogP contribution in [0.5, 0.6) is 0 Å². The van der Waals surface area contributed by atoms with Crippen molar-refractivity contribution < 1.29 is 9.62 Å². The van der Waals surface area contributed by atoms with Crippen molar-refractivity contribution in [2.75, 3.05) is 0 Å². The number of hydrogen-bond acceptors (Lipinski definition) is 5. The van der Waals surface area contributed by atoms with Gasteiger partial charge in [-0.2, -0.15) is 0 Å². The van der Waals surface area contributed by atoms with Gasteiger partial charge in [-0.1, -0.05) is 67.3 Å². The first-order valence-corrected chi connectivity index (χ1v) is 8.31. The van der Waals surface area contributed by atoms with Crippen LogP contribution in [0.4, 0.5) is 0 Å². The monoisotopic (exact) mass is 347 g/mol. The maximum Gasteiger partial charge on any atom is 0.208 e. The molecular weight excluding hydrogens is 326 g/mol. The summed E-state index contributed by atoms with van der Waals surface area (Å²) in [5.74, 6) is 1.39. The third kappa shape index (κ3) is 4.92. The van der Waals surface area contributed by atoms with Crippen molar-refractivity contribution in [2.24, 2.45) is 0 Å². The fourth-order valence-corrected chi connectivity index (χ4v) is 2.43. The number of oxazole rings is 1. The second-order valence-electron chi connectivity index (χ2n) is 5.80. The predicted molar refractivity (Wildman–Crippen MR) is 102 cm³/mol. The van der Waals surface area contributed by atoms with Crippen LogP contribution in [-0.4, -0.2) is 10.2 Å². The number of benzene rings is 2. The number of nitrogens with one attached hydrogen (secondary N) is 2. The van der Waals surface area contributed by atoms with E-state index in [-0.39, 0.29) is 0 Å². The second kappa shape index (κ2) is 8.80. The lowest BCUT2D eigenvalue weighted by atomic mass is 10.1. The van der Waals surface area contributed by atoms with E-state index in [1.54, 1.807) is 12.3 Å². The van der Waals surface area contributed by atoms with Gasteiger partial charge in [-0.25, -0.2) is 4.98 Å². The van der Waals surface area contributed by atoms with Crippen molar-refractivity contribution in [1.82, 2.24) is 15.8 Å². The van der Waals surface area contributed by atoms with Crippen LogP contribution in [0.2, 0.25) is 0 Å². The molecule has 3 aromatic rings. The van der Waals surface area contributed by atoms with Crippen molar-refractivity contribution in [2.45, 2.75) is 13.1 Å². The molecule has 0 saturated carbocycles. The van der Waals surface area contributed by atoms with Gasteiger partial charge in [0.05, 0.1) is 18.4 Å². The zero-order chi connectivity index (χ0) is 18.2. The van der Waals surface area contributed by atoms with Crippen LogP contribution in [0.3, 0.4) is 0 Å². The molecule has 26 heavy (non-hydrogen) atoms. The highest BCUT2D eigenvalue weighted by molar-refractivity contribution is 5.61. The molecule has 0 saturated heterocycles. The maximum atomic E-state index is 8.71. The molecule has 2 aromatic carbocycles. The predicted octanol–water partition coefficient (Wildman–Crippen LogP) is 4.14. The Hall–Kier alpha value is -3.15. The summed E-state index contributed by atoms with van der Waals surface area (Å²) in [4.78, 5) is 4.33. The third-order valence-electron chi connectivity index (χ3n) is 3.82. The highest BCUT2D eigenvalue weighted by atomic mass is 16.5. The zero-order valence-electron chi connectivity index (χ0n) is 14.4. The van der Waals surface area contributed by atoms with Crippen LogP contribution < -0.4 is 10.8 Å². The van der Waals surface area contributed by atoms with Crippen LogP contribution in [0.25, 0.3) is 17.4 Å². The minimum atomic E-state index is 0.428. The van der Waals surface area contributed by atoms with Gasteiger partial charge in [-0.15, -0.1) is 0 Å². The van der Waals surface area contributed by atoms with E-state index in [1.165, 1.54) is 5.56 Å². The molecule has 0 aliphatic rings. The quantitative estimate of drug-likeness (QED) is 0.422. The SMILES string of the molecule is C=C(/C=C/c1ccc(-c2cnc(CNCc3ccccc3)o2)cc1)NO. The highest BCUT2D eigenvalue weighted by Gasteiger charge is 2.06. The van der Waals surface area contributed by atoms with E-state index in [2.05, 4.69) is 29.0 Å². The molecule has 0 aliphatic carbocycles. The van der Waals surface area contributed by atoms with Gasteiger partial charge in [0.1, 0.15) is 0 Å². The highest BCUT2D eigenvalue weighted by Crippen LogP contribution is 2.21. The fraction of sp³-hybridized carbons (Fsp3) is 0.0952. The van der Waals surface area contributed by atoms with E-state index < -0.39 is 0 Å². The third-order valence-corrected chi connectivity index (χ3v) is 3.82. The number of allylic oxidation sites excluding steroid dienone is 1. The van der Waals surface area contributed by atoms with Gasteiger partial charge >= 0.3 is 0 Å². The van der Waals surface area contributed by atoms with Gasteiger partial charge in [-0.3, -0.25) is 10.7 Å². The van der Waals surface area contributed by atoms with E-state index in [4.69, 9.17) is 9.62 Å². The Morgan fingerprint density at radius 1 is 1.08 bits per heavy atom. The Labute approximate surface area is 152 Å². The Morgan fingerprint density at radius 3 is 2.58 bits per heavy atom. The molecule has 1 heterocycles. The largest absolute Gasteiger partial charge is 0.439 e. The second-order valence-corrected chi connectivity index (χ2v) is 5.80. The van der Waals surface area contributed by atoms with Crippen molar-refractivity contribution in [3.05, 3.63) is 96.2 Å². The normalized spacial score (nSPS) is 11.0. The number of aromatic nitrogens is 1. The molecule has 132 valence electrons. The van der Waals surface area contributed by atoms with E-state index in [0.29, 0.717) is 18.1 Å². The van der Waals surface area contributed by atoms with Crippen molar-refractivity contribution in [3.8, 4) is 11.3 Å². The first-order valence-electron chi connectivity index (χ1n) is 8.31. The first-order chi connectivity index (χ1) is 12.7. The maximum absolute atomic E-state index is 8.71. The minimum absolute atomic E-state index is 0.428. The summed E-state index contributed by atoms with van der Waals surface area (Å²) in [5.41, 5.74) is 5.60. The molecule has 5 nitrogen and oxygen atoms in total.